The molecule has 0 aliphatic carbocycles. The summed E-state index contributed by atoms with van der Waals surface area (Å²) in [7, 11) is -1.06. The summed E-state index contributed by atoms with van der Waals surface area (Å²) in [5, 5.41) is 10.1. The first-order chi connectivity index (χ1) is 9.42. The lowest BCUT2D eigenvalue weighted by Gasteiger charge is -2.15. The summed E-state index contributed by atoms with van der Waals surface area (Å²) in [6.45, 7) is 8.22. The normalized spacial score (nSPS) is 11.8. The van der Waals surface area contributed by atoms with Crippen molar-refractivity contribution in [2.24, 2.45) is 0 Å². The third-order valence-electron chi connectivity index (χ3n) is 3.05. The smallest absolute Gasteiger partial charge is 0.144 e. The van der Waals surface area contributed by atoms with Gasteiger partial charge in [0.15, 0.2) is 0 Å². The van der Waals surface area contributed by atoms with Gasteiger partial charge in [0.05, 0.1) is 10.9 Å². The highest BCUT2D eigenvalue weighted by molar-refractivity contribution is 14.1. The lowest BCUT2D eigenvalue weighted by atomic mass is 10.2. The molecule has 20 heavy (non-hydrogen) atoms. The highest BCUT2D eigenvalue weighted by Crippen LogP contribution is 2.24. The van der Waals surface area contributed by atoms with Crippen LogP contribution in [0.3, 0.4) is 0 Å². The van der Waals surface area contributed by atoms with Gasteiger partial charge < -0.3 is 9.30 Å². The quantitative estimate of drug-likeness (QED) is 0.436. The van der Waals surface area contributed by atoms with Gasteiger partial charge in [-0.1, -0.05) is 19.6 Å². The SMILES string of the molecule is C[Si](C)(C)CCOCn1cc(C#N)c2c(I)ccnc21. The van der Waals surface area contributed by atoms with Gasteiger partial charge in [0.2, 0.25) is 0 Å². The van der Waals surface area contributed by atoms with Gasteiger partial charge in [0.25, 0.3) is 0 Å². The van der Waals surface area contributed by atoms with E-state index in [9.17, 15) is 5.26 Å². The zero-order chi connectivity index (χ0) is 14.8. The van der Waals surface area contributed by atoms with Gasteiger partial charge in [-0.3, -0.25) is 0 Å². The third kappa shape index (κ3) is 3.59. The van der Waals surface area contributed by atoms with E-state index in [1.807, 2.05) is 16.8 Å². The van der Waals surface area contributed by atoms with Crippen LogP contribution in [0.25, 0.3) is 11.0 Å². The average molecular weight is 399 g/mol. The van der Waals surface area contributed by atoms with Crippen molar-refractivity contribution in [1.29, 1.82) is 5.26 Å². The molecule has 106 valence electrons. The Balaban J connectivity index is 2.15. The molecule has 0 bridgehead atoms. The second kappa shape index (κ2) is 6.24. The Morgan fingerprint density at radius 1 is 1.45 bits per heavy atom. The minimum Gasteiger partial charge on any atom is -0.361 e. The molecule has 0 amide bonds. The van der Waals surface area contributed by atoms with E-state index in [1.54, 1.807) is 6.20 Å². The van der Waals surface area contributed by atoms with E-state index >= 15 is 0 Å². The van der Waals surface area contributed by atoms with Gasteiger partial charge in [-0.15, -0.1) is 0 Å². The van der Waals surface area contributed by atoms with Crippen LogP contribution in [0, 0.1) is 14.9 Å². The van der Waals surface area contributed by atoms with Crippen molar-refractivity contribution in [1.82, 2.24) is 9.55 Å². The molecular formula is C14H18IN3OSi. The Morgan fingerprint density at radius 2 is 2.20 bits per heavy atom. The molecule has 0 saturated heterocycles. The van der Waals surface area contributed by atoms with Gasteiger partial charge >= 0.3 is 0 Å². The van der Waals surface area contributed by atoms with Gasteiger partial charge in [-0.05, 0) is 34.7 Å². The van der Waals surface area contributed by atoms with E-state index in [0.717, 1.165) is 27.3 Å². The highest BCUT2D eigenvalue weighted by atomic mass is 127. The predicted molar refractivity (Wildman–Crippen MR) is 91.3 cm³/mol. The summed E-state index contributed by atoms with van der Waals surface area (Å²) in [6, 6.07) is 5.29. The van der Waals surface area contributed by atoms with Crippen LogP contribution >= 0.6 is 22.6 Å². The number of ether oxygens (including phenoxy) is 1. The van der Waals surface area contributed by atoms with E-state index in [1.165, 1.54) is 0 Å². The first kappa shape index (κ1) is 15.5. The molecule has 0 atom stereocenters. The summed E-state index contributed by atoms with van der Waals surface area (Å²) >= 11 is 2.24. The molecule has 0 aromatic carbocycles. The highest BCUT2D eigenvalue weighted by Gasteiger charge is 2.14. The van der Waals surface area contributed by atoms with Crippen LogP contribution in [0.5, 0.6) is 0 Å². The van der Waals surface area contributed by atoms with Crippen molar-refractivity contribution < 1.29 is 4.74 Å². The predicted octanol–water partition coefficient (Wildman–Crippen LogP) is 3.82. The fourth-order valence-electron chi connectivity index (χ4n) is 1.90. The van der Waals surface area contributed by atoms with Crippen LogP contribution in [-0.4, -0.2) is 24.2 Å². The molecular weight excluding hydrogens is 381 g/mol. The van der Waals surface area contributed by atoms with Crippen molar-refractivity contribution in [3.63, 3.8) is 0 Å². The summed E-state index contributed by atoms with van der Waals surface area (Å²) in [4.78, 5) is 4.37. The number of hydrogen-bond donors (Lipinski definition) is 0. The minimum absolute atomic E-state index is 0.454. The maximum Gasteiger partial charge on any atom is 0.144 e. The van der Waals surface area contributed by atoms with Crippen LogP contribution < -0.4 is 0 Å². The molecule has 2 aromatic rings. The summed E-state index contributed by atoms with van der Waals surface area (Å²) in [6.07, 6.45) is 3.60. The Bertz CT molecular complexity index is 655. The minimum atomic E-state index is -1.06. The molecule has 0 aliphatic rings. The summed E-state index contributed by atoms with van der Waals surface area (Å²) in [5.41, 5.74) is 1.48. The first-order valence-electron chi connectivity index (χ1n) is 6.53. The van der Waals surface area contributed by atoms with Crippen molar-refractivity contribution in [3.8, 4) is 6.07 Å². The number of aromatic nitrogens is 2. The van der Waals surface area contributed by atoms with Gasteiger partial charge in [-0.25, -0.2) is 4.98 Å². The lowest BCUT2D eigenvalue weighted by Crippen LogP contribution is -2.22. The van der Waals surface area contributed by atoms with Gasteiger partial charge in [-0.2, -0.15) is 5.26 Å². The monoisotopic (exact) mass is 399 g/mol. The number of pyridine rings is 1. The number of nitriles is 1. The molecule has 0 unspecified atom stereocenters. The molecule has 4 nitrogen and oxygen atoms in total. The van der Waals surface area contributed by atoms with Gasteiger partial charge in [0.1, 0.15) is 18.4 Å². The molecule has 2 aromatic heterocycles. The Morgan fingerprint density at radius 3 is 2.85 bits per heavy atom. The first-order valence-corrected chi connectivity index (χ1v) is 11.3. The molecule has 0 saturated carbocycles. The van der Waals surface area contributed by atoms with E-state index in [4.69, 9.17) is 4.74 Å². The fourth-order valence-corrected chi connectivity index (χ4v) is 3.35. The van der Waals surface area contributed by atoms with E-state index in [0.29, 0.717) is 12.3 Å². The zero-order valence-electron chi connectivity index (χ0n) is 12.0. The molecule has 6 heteroatoms. The van der Waals surface area contributed by atoms with Gasteiger partial charge in [0, 0.05) is 30.6 Å². The van der Waals surface area contributed by atoms with Crippen molar-refractivity contribution in [2.75, 3.05) is 6.61 Å². The van der Waals surface area contributed by atoms with Crippen LogP contribution in [-0.2, 0) is 11.5 Å². The number of nitrogens with zero attached hydrogens (tertiary/aromatic N) is 3. The molecule has 0 radical (unpaired) electrons. The van der Waals surface area contributed by atoms with Crippen LogP contribution in [0.15, 0.2) is 18.5 Å². The molecule has 2 heterocycles. The number of fused-ring (bicyclic) bond motifs is 1. The van der Waals surface area contributed by atoms with Crippen LogP contribution in [0.4, 0.5) is 0 Å². The number of rotatable bonds is 5. The van der Waals surface area contributed by atoms with Crippen molar-refractivity contribution >= 4 is 41.7 Å². The average Bonchev–Trinajstić information content (AvgIpc) is 2.73. The standard InChI is InChI=1S/C14H18IN3OSi/c1-20(2,3)7-6-19-10-18-9-11(8-16)13-12(15)4-5-17-14(13)18/h4-5,9H,6-7,10H2,1-3H3. The molecule has 0 aliphatic heterocycles. The third-order valence-corrected chi connectivity index (χ3v) is 5.66. The molecule has 0 fully saturated rings. The Hall–Kier alpha value is -0.913. The Kier molecular flexibility index (Phi) is 4.83. The lowest BCUT2D eigenvalue weighted by molar-refractivity contribution is 0.0898. The molecule has 2 rings (SSSR count). The molecule has 0 spiro atoms. The molecule has 0 N–H and O–H groups in total. The van der Waals surface area contributed by atoms with E-state index in [-0.39, 0.29) is 0 Å². The summed E-state index contributed by atoms with van der Waals surface area (Å²) in [5.74, 6) is 0. The van der Waals surface area contributed by atoms with Crippen LogP contribution in [0.1, 0.15) is 5.56 Å². The van der Waals surface area contributed by atoms with E-state index < -0.39 is 8.07 Å². The van der Waals surface area contributed by atoms with Crippen LogP contribution in [0.2, 0.25) is 25.7 Å². The second-order valence-electron chi connectivity index (χ2n) is 5.96. The number of hydrogen-bond acceptors (Lipinski definition) is 3. The number of halogens is 1. The Labute approximate surface area is 133 Å². The second-order valence-corrected chi connectivity index (χ2v) is 12.7. The largest absolute Gasteiger partial charge is 0.361 e. The van der Waals surface area contributed by atoms with E-state index in [2.05, 4.69) is 53.3 Å². The van der Waals surface area contributed by atoms with Crippen molar-refractivity contribution in [2.45, 2.75) is 32.4 Å². The zero-order valence-corrected chi connectivity index (χ0v) is 15.1. The maximum absolute atomic E-state index is 9.22. The maximum atomic E-state index is 9.22. The topological polar surface area (TPSA) is 50.8 Å². The van der Waals surface area contributed by atoms with Crippen molar-refractivity contribution in [3.05, 3.63) is 27.6 Å². The summed E-state index contributed by atoms with van der Waals surface area (Å²) < 4.78 is 8.71. The fraction of sp³-hybridized carbons (Fsp3) is 0.429.